The summed E-state index contributed by atoms with van der Waals surface area (Å²) in [6.45, 7) is 3.01. The predicted octanol–water partition coefficient (Wildman–Crippen LogP) is 7.89. The van der Waals surface area contributed by atoms with Gasteiger partial charge < -0.3 is 10.1 Å². The summed E-state index contributed by atoms with van der Waals surface area (Å²) in [7, 11) is 0. The number of rotatable bonds is 8. The first-order valence-corrected chi connectivity index (χ1v) is 15.5. The lowest BCUT2D eigenvalue weighted by atomic mass is 9.89. The Morgan fingerprint density at radius 2 is 1.62 bits per heavy atom. The number of ether oxygens (including phenoxy) is 1. The highest BCUT2D eigenvalue weighted by Crippen LogP contribution is 2.37. The summed E-state index contributed by atoms with van der Waals surface area (Å²) in [4.78, 5) is 13.2. The van der Waals surface area contributed by atoms with E-state index in [1.165, 1.54) is 5.56 Å². The fraction of sp³-hybridized carbons (Fsp3) is 0.0976. The number of hydrogen-bond acceptors (Lipinski definition) is 4. The Balaban J connectivity index is 1.13. The van der Waals surface area contributed by atoms with Crippen LogP contribution >= 0.6 is 0 Å². The van der Waals surface area contributed by atoms with Crippen LogP contribution in [0.5, 0.6) is 5.75 Å². The molecule has 6 heteroatoms. The van der Waals surface area contributed by atoms with Gasteiger partial charge in [0.15, 0.2) is 0 Å². The van der Waals surface area contributed by atoms with Crippen molar-refractivity contribution in [3.63, 3.8) is 0 Å². The lowest BCUT2D eigenvalue weighted by Crippen LogP contribution is -2.03. The first kappa shape index (κ1) is 29.5. The molecule has 0 saturated heterocycles. The molecule has 6 aromatic rings. The fourth-order valence-electron chi connectivity index (χ4n) is 5.59. The highest BCUT2D eigenvalue weighted by molar-refractivity contribution is 6.35. The second-order valence-corrected chi connectivity index (χ2v) is 11.6. The zero-order valence-electron chi connectivity index (χ0n) is 25.9. The molecule has 228 valence electrons. The summed E-state index contributed by atoms with van der Waals surface area (Å²) in [6.07, 6.45) is 3.80. The van der Waals surface area contributed by atoms with Gasteiger partial charge in [-0.25, -0.2) is 4.68 Å². The van der Waals surface area contributed by atoms with Gasteiger partial charge in [0, 0.05) is 22.4 Å². The SMILES string of the molecule is Cc1ccc(C(C#Cc2ccccc2)c2ccc3c(c2)/C(=C/c2cccc(OCc4cn(Cc5ccccc5)nn4)c2)C(=O)N3)cc1. The monoisotopic (exact) mass is 612 g/mol. The van der Waals surface area contributed by atoms with E-state index in [2.05, 4.69) is 82.9 Å². The number of nitrogens with one attached hydrogen (secondary N) is 1. The topological polar surface area (TPSA) is 69.0 Å². The van der Waals surface area contributed by atoms with E-state index < -0.39 is 0 Å². The van der Waals surface area contributed by atoms with E-state index in [1.807, 2.05) is 91.1 Å². The Kier molecular flexibility index (Phi) is 8.44. The van der Waals surface area contributed by atoms with Crippen molar-refractivity contribution in [2.45, 2.75) is 26.0 Å². The summed E-state index contributed by atoms with van der Waals surface area (Å²) in [5.74, 6) is 7.23. The maximum atomic E-state index is 13.2. The summed E-state index contributed by atoms with van der Waals surface area (Å²) in [5.41, 5.74) is 9.27. The standard InChI is InChI=1S/C41H32N4O2/c1-29-15-18-33(19-16-29)37(21-17-30-9-4-2-5-10-30)34-20-22-40-38(25-34)39(41(46)42-40)24-32-13-8-14-36(23-32)47-28-35-27-45(44-43-35)26-31-11-6-3-7-12-31/h2-16,18-20,22-25,27,37H,26,28H2,1H3,(H,42,46)/b39-24-. The Labute approximate surface area is 274 Å². The minimum Gasteiger partial charge on any atom is -0.487 e. The molecule has 0 radical (unpaired) electrons. The number of amides is 1. The van der Waals surface area contributed by atoms with Crippen molar-refractivity contribution < 1.29 is 9.53 Å². The van der Waals surface area contributed by atoms with Crippen LogP contribution < -0.4 is 10.1 Å². The van der Waals surface area contributed by atoms with Crippen LogP contribution in [-0.4, -0.2) is 20.9 Å². The molecule has 5 aromatic carbocycles. The van der Waals surface area contributed by atoms with Gasteiger partial charge in [0.1, 0.15) is 18.1 Å². The minimum absolute atomic E-state index is 0.138. The van der Waals surface area contributed by atoms with Crippen LogP contribution in [0.1, 0.15) is 50.6 Å². The molecular formula is C41H32N4O2. The molecule has 0 bridgehead atoms. The molecule has 6 nitrogen and oxygen atoms in total. The van der Waals surface area contributed by atoms with E-state index in [0.29, 0.717) is 17.9 Å². The van der Waals surface area contributed by atoms with E-state index in [4.69, 9.17) is 4.74 Å². The molecule has 0 fully saturated rings. The molecular weight excluding hydrogens is 580 g/mol. The van der Waals surface area contributed by atoms with Gasteiger partial charge in [-0.15, -0.1) is 5.10 Å². The van der Waals surface area contributed by atoms with Crippen molar-refractivity contribution in [1.82, 2.24) is 15.0 Å². The third-order valence-electron chi connectivity index (χ3n) is 8.03. The van der Waals surface area contributed by atoms with Gasteiger partial charge in [0.05, 0.1) is 18.7 Å². The number of aryl methyl sites for hydroxylation is 1. The molecule has 1 aromatic heterocycles. The maximum Gasteiger partial charge on any atom is 0.256 e. The lowest BCUT2D eigenvalue weighted by molar-refractivity contribution is -0.110. The zero-order chi connectivity index (χ0) is 32.0. The van der Waals surface area contributed by atoms with Crippen LogP contribution in [0.25, 0.3) is 11.6 Å². The van der Waals surface area contributed by atoms with Gasteiger partial charge in [0.2, 0.25) is 0 Å². The van der Waals surface area contributed by atoms with Crippen molar-refractivity contribution in [1.29, 1.82) is 0 Å². The number of benzene rings is 5. The largest absolute Gasteiger partial charge is 0.487 e. The van der Waals surface area contributed by atoms with Crippen molar-refractivity contribution in [3.8, 4) is 17.6 Å². The van der Waals surface area contributed by atoms with Crippen LogP contribution in [0.4, 0.5) is 5.69 Å². The average Bonchev–Trinajstić information content (AvgIpc) is 3.68. The maximum absolute atomic E-state index is 13.2. The van der Waals surface area contributed by atoms with Crippen LogP contribution in [-0.2, 0) is 17.9 Å². The van der Waals surface area contributed by atoms with Crippen molar-refractivity contribution >= 4 is 23.2 Å². The average molecular weight is 613 g/mol. The van der Waals surface area contributed by atoms with Crippen LogP contribution in [0, 0.1) is 18.8 Å². The fourth-order valence-corrected chi connectivity index (χ4v) is 5.59. The number of fused-ring (bicyclic) bond motifs is 1. The second-order valence-electron chi connectivity index (χ2n) is 11.6. The van der Waals surface area contributed by atoms with Crippen LogP contribution in [0.15, 0.2) is 134 Å². The van der Waals surface area contributed by atoms with E-state index >= 15 is 0 Å². The molecule has 7 rings (SSSR count). The lowest BCUT2D eigenvalue weighted by Gasteiger charge is -2.14. The number of carbonyl (C=O) groups excluding carboxylic acids is 1. The number of nitrogens with zero attached hydrogens (tertiary/aromatic N) is 3. The number of hydrogen-bond donors (Lipinski definition) is 1. The van der Waals surface area contributed by atoms with Crippen molar-refractivity contribution in [2.75, 3.05) is 5.32 Å². The molecule has 47 heavy (non-hydrogen) atoms. The zero-order valence-corrected chi connectivity index (χ0v) is 25.9. The Morgan fingerprint density at radius 3 is 2.43 bits per heavy atom. The van der Waals surface area contributed by atoms with Gasteiger partial charge in [-0.3, -0.25) is 4.79 Å². The molecule has 0 aliphatic carbocycles. The van der Waals surface area contributed by atoms with Crippen molar-refractivity contribution in [2.24, 2.45) is 0 Å². The smallest absolute Gasteiger partial charge is 0.256 e. The Bertz CT molecular complexity index is 2120. The van der Waals surface area contributed by atoms with Crippen molar-refractivity contribution in [3.05, 3.63) is 178 Å². The van der Waals surface area contributed by atoms with Gasteiger partial charge in [-0.1, -0.05) is 114 Å². The van der Waals surface area contributed by atoms with E-state index in [-0.39, 0.29) is 18.4 Å². The summed E-state index contributed by atoms with van der Waals surface area (Å²) in [5, 5.41) is 11.5. The number of aromatic nitrogens is 3. The van der Waals surface area contributed by atoms with E-state index in [1.54, 1.807) is 4.68 Å². The van der Waals surface area contributed by atoms with E-state index in [9.17, 15) is 4.79 Å². The summed E-state index contributed by atoms with van der Waals surface area (Å²) >= 11 is 0. The molecule has 1 unspecified atom stereocenters. The first-order chi connectivity index (χ1) is 23.1. The summed E-state index contributed by atoms with van der Waals surface area (Å²) in [6, 6.07) is 42.4. The third-order valence-corrected chi connectivity index (χ3v) is 8.03. The quantitative estimate of drug-likeness (QED) is 0.140. The molecule has 0 saturated carbocycles. The van der Waals surface area contributed by atoms with E-state index in [0.717, 1.165) is 44.8 Å². The minimum atomic E-state index is -0.166. The molecule has 1 N–H and O–H groups in total. The number of anilines is 1. The predicted molar refractivity (Wildman–Crippen MR) is 186 cm³/mol. The second kappa shape index (κ2) is 13.4. The van der Waals surface area contributed by atoms with Gasteiger partial charge in [0.25, 0.3) is 5.91 Å². The van der Waals surface area contributed by atoms with Crippen LogP contribution in [0.3, 0.4) is 0 Å². The molecule has 2 heterocycles. The highest BCUT2D eigenvalue weighted by atomic mass is 16.5. The molecule has 1 aliphatic heterocycles. The van der Waals surface area contributed by atoms with Gasteiger partial charge >= 0.3 is 0 Å². The molecule has 1 aliphatic rings. The molecule has 0 spiro atoms. The highest BCUT2D eigenvalue weighted by Gasteiger charge is 2.26. The number of carbonyl (C=O) groups is 1. The third kappa shape index (κ3) is 7.06. The first-order valence-electron chi connectivity index (χ1n) is 15.5. The summed E-state index contributed by atoms with van der Waals surface area (Å²) < 4.78 is 7.87. The van der Waals surface area contributed by atoms with Gasteiger partial charge in [-0.05, 0) is 71.7 Å². The van der Waals surface area contributed by atoms with Gasteiger partial charge in [-0.2, -0.15) is 0 Å². The Hall–Kier alpha value is -6.19. The van der Waals surface area contributed by atoms with Crippen LogP contribution in [0.2, 0.25) is 0 Å². The Morgan fingerprint density at radius 1 is 0.851 bits per heavy atom. The normalized spacial score (nSPS) is 13.4. The molecule has 1 amide bonds. The molecule has 1 atom stereocenters.